The van der Waals surface area contributed by atoms with Gasteiger partial charge in [-0.15, -0.1) is 0 Å². The van der Waals surface area contributed by atoms with Crippen molar-refractivity contribution in [1.82, 2.24) is 9.78 Å². The van der Waals surface area contributed by atoms with Crippen molar-refractivity contribution in [2.75, 3.05) is 10.6 Å². The zero-order valence-corrected chi connectivity index (χ0v) is 12.8. The monoisotopic (exact) mass is 282 g/mol. The van der Waals surface area contributed by atoms with Gasteiger partial charge < -0.3 is 10.1 Å². The van der Waals surface area contributed by atoms with Crippen LogP contribution in [0.2, 0.25) is 0 Å². The molecule has 0 aliphatic heterocycles. The molecule has 7 heteroatoms. The molecule has 0 fully saturated rings. The number of anilines is 2. The highest BCUT2D eigenvalue weighted by atomic mass is 16.6. The topological polar surface area (TPSA) is 85.3 Å². The smallest absolute Gasteiger partial charge is 0.413 e. The normalized spacial score (nSPS) is 11.3. The van der Waals surface area contributed by atoms with Gasteiger partial charge in [-0.25, -0.2) is 4.79 Å². The van der Waals surface area contributed by atoms with E-state index >= 15 is 0 Å². The zero-order valence-electron chi connectivity index (χ0n) is 12.8. The Bertz CT molecular complexity index is 500. The molecular weight excluding hydrogens is 260 g/mol. The summed E-state index contributed by atoms with van der Waals surface area (Å²) >= 11 is 0. The number of carbonyl (C=O) groups is 2. The predicted molar refractivity (Wildman–Crippen MR) is 76.5 cm³/mol. The largest absolute Gasteiger partial charge is 0.444 e. The van der Waals surface area contributed by atoms with Crippen LogP contribution in [0.4, 0.5) is 16.4 Å². The minimum Gasteiger partial charge on any atom is -0.444 e. The molecular formula is C13H22N4O3. The van der Waals surface area contributed by atoms with Crippen LogP contribution in [0.25, 0.3) is 0 Å². The first kappa shape index (κ1) is 16.0. The maximum atomic E-state index is 11.7. The Kier molecular flexibility index (Phi) is 4.75. The molecule has 0 aliphatic carbocycles. The van der Waals surface area contributed by atoms with Crippen LogP contribution in [0, 0.1) is 5.92 Å². The molecule has 0 radical (unpaired) electrons. The molecule has 7 nitrogen and oxygen atoms in total. The number of aryl methyl sites for hydroxylation is 1. The standard InChI is InChI=1S/C13H22N4O3/c1-8(2)11(18)14-9-7-10(17(6)16-9)15-12(19)20-13(3,4)5/h7-8H,1-6H3,(H,15,19)(H,14,16,18). The Morgan fingerprint density at radius 3 is 2.40 bits per heavy atom. The number of rotatable bonds is 3. The van der Waals surface area contributed by atoms with Gasteiger partial charge in [-0.2, -0.15) is 5.10 Å². The molecule has 1 heterocycles. The molecule has 0 unspecified atom stereocenters. The quantitative estimate of drug-likeness (QED) is 0.891. The maximum Gasteiger partial charge on any atom is 0.413 e. The van der Waals surface area contributed by atoms with E-state index in [0.29, 0.717) is 11.6 Å². The number of aromatic nitrogens is 2. The first-order valence-corrected chi connectivity index (χ1v) is 6.43. The Hall–Kier alpha value is -2.05. The van der Waals surface area contributed by atoms with Crippen molar-refractivity contribution in [2.24, 2.45) is 13.0 Å². The third kappa shape index (κ3) is 4.91. The van der Waals surface area contributed by atoms with E-state index in [4.69, 9.17) is 4.74 Å². The average molecular weight is 282 g/mol. The second-order valence-electron chi connectivity index (χ2n) is 5.81. The lowest BCUT2D eigenvalue weighted by Gasteiger charge is -2.19. The molecule has 1 aromatic rings. The summed E-state index contributed by atoms with van der Waals surface area (Å²) < 4.78 is 6.60. The lowest BCUT2D eigenvalue weighted by Crippen LogP contribution is -2.27. The molecule has 20 heavy (non-hydrogen) atoms. The van der Waals surface area contributed by atoms with E-state index in [2.05, 4.69) is 15.7 Å². The van der Waals surface area contributed by atoms with Crippen LogP contribution in [0.1, 0.15) is 34.6 Å². The summed E-state index contributed by atoms with van der Waals surface area (Å²) in [6, 6.07) is 1.57. The van der Waals surface area contributed by atoms with Gasteiger partial charge >= 0.3 is 6.09 Å². The highest BCUT2D eigenvalue weighted by Crippen LogP contribution is 2.16. The lowest BCUT2D eigenvalue weighted by atomic mass is 10.2. The third-order valence-electron chi connectivity index (χ3n) is 2.28. The summed E-state index contributed by atoms with van der Waals surface area (Å²) in [5.74, 6) is 0.557. The van der Waals surface area contributed by atoms with Crippen LogP contribution < -0.4 is 10.6 Å². The van der Waals surface area contributed by atoms with Gasteiger partial charge in [0, 0.05) is 19.0 Å². The average Bonchev–Trinajstić information content (AvgIpc) is 2.55. The summed E-state index contributed by atoms with van der Waals surface area (Å²) in [4.78, 5) is 23.2. The summed E-state index contributed by atoms with van der Waals surface area (Å²) in [7, 11) is 1.66. The van der Waals surface area contributed by atoms with E-state index in [0.717, 1.165) is 0 Å². The molecule has 2 N–H and O–H groups in total. The molecule has 0 bridgehead atoms. The first-order valence-electron chi connectivity index (χ1n) is 6.43. The Morgan fingerprint density at radius 2 is 1.90 bits per heavy atom. The van der Waals surface area contributed by atoms with Crippen LogP contribution in [0.15, 0.2) is 6.07 Å². The lowest BCUT2D eigenvalue weighted by molar-refractivity contribution is -0.118. The van der Waals surface area contributed by atoms with Crippen LogP contribution in [0.3, 0.4) is 0 Å². The molecule has 0 saturated carbocycles. The van der Waals surface area contributed by atoms with Crippen LogP contribution in [-0.2, 0) is 16.6 Å². The van der Waals surface area contributed by atoms with E-state index < -0.39 is 11.7 Å². The predicted octanol–water partition coefficient (Wildman–Crippen LogP) is 2.36. The SMILES string of the molecule is CC(C)C(=O)Nc1cc(NC(=O)OC(C)(C)C)n(C)n1. The van der Waals surface area contributed by atoms with Crippen molar-refractivity contribution in [3.63, 3.8) is 0 Å². The summed E-state index contributed by atoms with van der Waals surface area (Å²) in [5, 5.41) is 9.34. The van der Waals surface area contributed by atoms with Crippen LogP contribution in [-0.4, -0.2) is 27.4 Å². The van der Waals surface area contributed by atoms with Gasteiger partial charge in [0.2, 0.25) is 5.91 Å². The van der Waals surface area contributed by atoms with Crippen molar-refractivity contribution in [2.45, 2.75) is 40.2 Å². The Morgan fingerprint density at radius 1 is 1.30 bits per heavy atom. The van der Waals surface area contributed by atoms with Crippen molar-refractivity contribution >= 4 is 23.6 Å². The van der Waals surface area contributed by atoms with E-state index in [9.17, 15) is 9.59 Å². The number of ether oxygens (including phenoxy) is 1. The second-order valence-corrected chi connectivity index (χ2v) is 5.81. The van der Waals surface area contributed by atoms with Gasteiger partial charge in [0.25, 0.3) is 0 Å². The van der Waals surface area contributed by atoms with Gasteiger partial charge in [0.05, 0.1) is 0 Å². The third-order valence-corrected chi connectivity index (χ3v) is 2.28. The Balaban J connectivity index is 2.71. The van der Waals surface area contributed by atoms with Gasteiger partial charge in [-0.1, -0.05) is 13.8 Å². The van der Waals surface area contributed by atoms with Crippen molar-refractivity contribution in [3.05, 3.63) is 6.07 Å². The van der Waals surface area contributed by atoms with E-state index in [1.54, 1.807) is 47.7 Å². The van der Waals surface area contributed by atoms with Crippen molar-refractivity contribution in [1.29, 1.82) is 0 Å². The van der Waals surface area contributed by atoms with Crippen molar-refractivity contribution in [3.8, 4) is 0 Å². The van der Waals surface area contributed by atoms with Crippen LogP contribution in [0.5, 0.6) is 0 Å². The van der Waals surface area contributed by atoms with Gasteiger partial charge in [-0.3, -0.25) is 14.8 Å². The molecule has 1 aromatic heterocycles. The highest BCUT2D eigenvalue weighted by Gasteiger charge is 2.18. The molecule has 1 rings (SSSR count). The van der Waals surface area contributed by atoms with Crippen molar-refractivity contribution < 1.29 is 14.3 Å². The fourth-order valence-corrected chi connectivity index (χ4v) is 1.32. The number of carbonyl (C=O) groups excluding carboxylic acids is 2. The molecule has 0 atom stereocenters. The van der Waals surface area contributed by atoms with E-state index in [1.807, 2.05) is 0 Å². The minimum absolute atomic E-state index is 0.132. The highest BCUT2D eigenvalue weighted by molar-refractivity contribution is 5.92. The number of amides is 2. The summed E-state index contributed by atoms with van der Waals surface area (Å²) in [6.07, 6.45) is -0.567. The molecule has 112 valence electrons. The fourth-order valence-electron chi connectivity index (χ4n) is 1.32. The molecule has 0 saturated heterocycles. The summed E-state index contributed by atoms with van der Waals surface area (Å²) in [5.41, 5.74) is -0.572. The zero-order chi connectivity index (χ0) is 15.5. The fraction of sp³-hybridized carbons (Fsp3) is 0.615. The van der Waals surface area contributed by atoms with E-state index in [-0.39, 0.29) is 11.8 Å². The molecule has 0 aliphatic rings. The van der Waals surface area contributed by atoms with E-state index in [1.165, 1.54) is 4.68 Å². The van der Waals surface area contributed by atoms with Gasteiger partial charge in [-0.05, 0) is 20.8 Å². The van der Waals surface area contributed by atoms with Gasteiger partial charge in [0.15, 0.2) is 5.82 Å². The second kappa shape index (κ2) is 5.94. The molecule has 0 aromatic carbocycles. The molecule has 2 amide bonds. The Labute approximate surface area is 118 Å². The van der Waals surface area contributed by atoms with Crippen LogP contribution >= 0.6 is 0 Å². The van der Waals surface area contributed by atoms with Gasteiger partial charge in [0.1, 0.15) is 11.4 Å². The molecule has 0 spiro atoms. The number of nitrogens with zero attached hydrogens (tertiary/aromatic N) is 2. The number of nitrogens with one attached hydrogen (secondary N) is 2. The maximum absolute atomic E-state index is 11.7. The minimum atomic E-state index is -0.572. The number of hydrogen-bond donors (Lipinski definition) is 2. The summed E-state index contributed by atoms with van der Waals surface area (Å²) in [6.45, 7) is 8.93. The number of hydrogen-bond acceptors (Lipinski definition) is 4. The first-order chi connectivity index (χ1) is 9.08.